The summed E-state index contributed by atoms with van der Waals surface area (Å²) in [6, 6.07) is 4.98. The van der Waals surface area contributed by atoms with E-state index in [0.717, 1.165) is 17.5 Å². The van der Waals surface area contributed by atoms with Crippen molar-refractivity contribution in [2.75, 3.05) is 31.7 Å². The molecule has 0 aliphatic rings. The highest BCUT2D eigenvalue weighted by molar-refractivity contribution is 5.78. The molecule has 0 atom stereocenters. The summed E-state index contributed by atoms with van der Waals surface area (Å²) in [5, 5.41) is 11.9. The van der Waals surface area contributed by atoms with Gasteiger partial charge in [-0.25, -0.2) is 9.97 Å². The topological polar surface area (TPSA) is 122 Å². The van der Waals surface area contributed by atoms with E-state index in [9.17, 15) is 9.59 Å². The maximum atomic E-state index is 13.0. The summed E-state index contributed by atoms with van der Waals surface area (Å²) in [5.41, 5.74) is 2.11. The van der Waals surface area contributed by atoms with E-state index in [-0.39, 0.29) is 23.5 Å². The largest absolute Gasteiger partial charge is 0.396 e. The molecule has 0 saturated carbocycles. The van der Waals surface area contributed by atoms with Gasteiger partial charge in [-0.2, -0.15) is 0 Å². The van der Waals surface area contributed by atoms with Crippen LogP contribution in [0.15, 0.2) is 40.2 Å². The number of nitrogens with one attached hydrogen (secondary N) is 2. The first-order chi connectivity index (χ1) is 14.1. The summed E-state index contributed by atoms with van der Waals surface area (Å²) in [6.07, 6.45) is 4.67. The Morgan fingerprint density at radius 2 is 2.10 bits per heavy atom. The van der Waals surface area contributed by atoms with Gasteiger partial charge in [0.2, 0.25) is 5.56 Å². The predicted octanol–water partition coefficient (Wildman–Crippen LogP) is 1.37. The molecule has 3 aromatic heterocycles. The molecular formula is C20H25N5O4. The van der Waals surface area contributed by atoms with Gasteiger partial charge in [-0.05, 0) is 30.5 Å². The molecule has 0 aromatic carbocycles. The van der Waals surface area contributed by atoms with Crippen LogP contribution in [0.3, 0.4) is 0 Å². The van der Waals surface area contributed by atoms with Gasteiger partial charge in [0.1, 0.15) is 0 Å². The number of nitrogens with zero attached hydrogens (tertiary/aromatic N) is 3. The van der Waals surface area contributed by atoms with Crippen molar-refractivity contribution in [3.63, 3.8) is 0 Å². The average molecular weight is 399 g/mol. The minimum atomic E-state index is -0.268. The van der Waals surface area contributed by atoms with Crippen molar-refractivity contribution in [2.24, 2.45) is 0 Å². The third-order valence-corrected chi connectivity index (χ3v) is 4.36. The molecule has 0 spiro atoms. The van der Waals surface area contributed by atoms with E-state index in [1.54, 1.807) is 23.0 Å². The molecule has 0 amide bonds. The van der Waals surface area contributed by atoms with Gasteiger partial charge in [-0.1, -0.05) is 6.92 Å². The monoisotopic (exact) mass is 399 g/mol. The van der Waals surface area contributed by atoms with E-state index in [0.29, 0.717) is 43.9 Å². The summed E-state index contributed by atoms with van der Waals surface area (Å²) in [7, 11) is 0. The number of ether oxygens (including phenoxy) is 1. The number of hydrogen-bond donors (Lipinski definition) is 3. The van der Waals surface area contributed by atoms with Gasteiger partial charge in [-0.15, -0.1) is 0 Å². The number of pyridine rings is 2. The number of fused-ring (bicyclic) bond motifs is 1. The second-order valence-electron chi connectivity index (χ2n) is 6.54. The summed E-state index contributed by atoms with van der Waals surface area (Å²) < 4.78 is 7.16. The van der Waals surface area contributed by atoms with E-state index < -0.39 is 0 Å². The zero-order valence-electron chi connectivity index (χ0n) is 16.4. The Bertz CT molecular complexity index is 1060. The minimum Gasteiger partial charge on any atom is -0.396 e. The van der Waals surface area contributed by atoms with Crippen LogP contribution in [0.4, 0.5) is 5.82 Å². The van der Waals surface area contributed by atoms with Gasteiger partial charge in [-0.3, -0.25) is 14.2 Å². The van der Waals surface area contributed by atoms with Crippen molar-refractivity contribution < 1.29 is 9.84 Å². The number of H-pyrrole nitrogens is 1. The SMILES string of the molecule is CCCOCCn1c(=O)c(NCCCO)nc2ncc(-c3ccc(=O)[nH]c3)cc21. The lowest BCUT2D eigenvalue weighted by Crippen LogP contribution is -2.28. The van der Waals surface area contributed by atoms with Crippen LogP contribution in [0.2, 0.25) is 0 Å². The Hall–Kier alpha value is -3.04. The first kappa shape index (κ1) is 20.7. The van der Waals surface area contributed by atoms with E-state index >= 15 is 0 Å². The highest BCUT2D eigenvalue weighted by Gasteiger charge is 2.13. The zero-order chi connectivity index (χ0) is 20.6. The van der Waals surface area contributed by atoms with Crippen LogP contribution in [0, 0.1) is 0 Å². The smallest absolute Gasteiger partial charge is 0.293 e. The highest BCUT2D eigenvalue weighted by Crippen LogP contribution is 2.21. The molecule has 0 aliphatic heterocycles. The lowest BCUT2D eigenvalue weighted by Gasteiger charge is -2.14. The Kier molecular flexibility index (Phi) is 7.09. The fourth-order valence-corrected chi connectivity index (χ4v) is 2.89. The number of aromatic amines is 1. The first-order valence-electron chi connectivity index (χ1n) is 9.66. The molecule has 3 aromatic rings. The predicted molar refractivity (Wildman–Crippen MR) is 111 cm³/mol. The van der Waals surface area contributed by atoms with E-state index in [1.807, 2.05) is 13.0 Å². The Morgan fingerprint density at radius 3 is 2.83 bits per heavy atom. The Balaban J connectivity index is 2.03. The number of hydrogen-bond acceptors (Lipinski definition) is 7. The molecule has 0 unspecified atom stereocenters. The van der Waals surface area contributed by atoms with Crippen molar-refractivity contribution in [3.8, 4) is 11.1 Å². The van der Waals surface area contributed by atoms with Crippen LogP contribution in [-0.4, -0.2) is 51.0 Å². The van der Waals surface area contributed by atoms with Gasteiger partial charge in [0.05, 0.1) is 12.1 Å². The molecule has 0 saturated heterocycles. The van der Waals surface area contributed by atoms with Crippen LogP contribution in [0.1, 0.15) is 19.8 Å². The minimum absolute atomic E-state index is 0.0282. The molecule has 9 nitrogen and oxygen atoms in total. The van der Waals surface area contributed by atoms with E-state index in [2.05, 4.69) is 20.3 Å². The van der Waals surface area contributed by atoms with Crippen LogP contribution in [0.5, 0.6) is 0 Å². The fraction of sp³-hybridized carbons (Fsp3) is 0.400. The van der Waals surface area contributed by atoms with E-state index in [1.165, 1.54) is 6.07 Å². The van der Waals surface area contributed by atoms with Gasteiger partial charge in [0.15, 0.2) is 11.5 Å². The number of aliphatic hydroxyl groups excluding tert-OH is 1. The lowest BCUT2D eigenvalue weighted by atomic mass is 10.1. The molecule has 29 heavy (non-hydrogen) atoms. The van der Waals surface area contributed by atoms with Crippen molar-refractivity contribution >= 4 is 17.0 Å². The highest BCUT2D eigenvalue weighted by atomic mass is 16.5. The molecule has 9 heteroatoms. The second kappa shape index (κ2) is 9.94. The summed E-state index contributed by atoms with van der Waals surface area (Å²) in [4.78, 5) is 35.7. The zero-order valence-corrected chi connectivity index (χ0v) is 16.4. The Morgan fingerprint density at radius 1 is 1.24 bits per heavy atom. The second-order valence-corrected chi connectivity index (χ2v) is 6.54. The number of anilines is 1. The molecule has 3 N–H and O–H groups in total. The first-order valence-corrected chi connectivity index (χ1v) is 9.66. The van der Waals surface area contributed by atoms with Crippen LogP contribution in [0.25, 0.3) is 22.3 Å². The Labute approximate surface area is 167 Å². The molecule has 3 heterocycles. The molecule has 0 radical (unpaired) electrons. The lowest BCUT2D eigenvalue weighted by molar-refractivity contribution is 0.127. The molecular weight excluding hydrogens is 374 g/mol. The standard InChI is InChI=1S/C20H25N5O4/c1-2-9-29-10-7-25-16-11-15(14-4-5-17(27)22-12-14)13-23-18(16)24-19(20(25)28)21-6-3-8-26/h4-5,11-13,26H,2-3,6-10H2,1H3,(H,22,27)(H,21,23,24). The number of aliphatic hydroxyl groups is 1. The van der Waals surface area contributed by atoms with Crippen LogP contribution < -0.4 is 16.4 Å². The van der Waals surface area contributed by atoms with Gasteiger partial charge >= 0.3 is 0 Å². The molecule has 0 aliphatic carbocycles. The average Bonchev–Trinajstić information content (AvgIpc) is 2.73. The maximum absolute atomic E-state index is 13.0. The number of aromatic nitrogens is 4. The third-order valence-electron chi connectivity index (χ3n) is 4.36. The van der Waals surface area contributed by atoms with Crippen LogP contribution >= 0.6 is 0 Å². The van der Waals surface area contributed by atoms with Crippen LogP contribution in [-0.2, 0) is 11.3 Å². The molecule has 3 rings (SSSR count). The number of rotatable bonds is 10. The van der Waals surface area contributed by atoms with Crippen molar-refractivity contribution in [2.45, 2.75) is 26.3 Å². The third kappa shape index (κ3) is 5.07. The molecule has 0 fully saturated rings. The van der Waals surface area contributed by atoms with Gasteiger partial charge in [0, 0.05) is 50.3 Å². The summed E-state index contributed by atoms with van der Waals surface area (Å²) in [6.45, 7) is 3.87. The molecule has 0 bridgehead atoms. The van der Waals surface area contributed by atoms with Gasteiger partial charge in [0.25, 0.3) is 5.56 Å². The summed E-state index contributed by atoms with van der Waals surface area (Å²) >= 11 is 0. The molecule has 154 valence electrons. The van der Waals surface area contributed by atoms with E-state index in [4.69, 9.17) is 9.84 Å². The van der Waals surface area contributed by atoms with Crippen molar-refractivity contribution in [1.29, 1.82) is 0 Å². The normalized spacial score (nSPS) is 11.1. The van der Waals surface area contributed by atoms with Crippen molar-refractivity contribution in [1.82, 2.24) is 19.5 Å². The fourth-order valence-electron chi connectivity index (χ4n) is 2.89. The summed E-state index contributed by atoms with van der Waals surface area (Å²) in [5.74, 6) is 0.200. The van der Waals surface area contributed by atoms with Gasteiger partial charge < -0.3 is 20.1 Å². The van der Waals surface area contributed by atoms with Crippen molar-refractivity contribution in [3.05, 3.63) is 51.3 Å². The maximum Gasteiger partial charge on any atom is 0.293 e. The quantitative estimate of drug-likeness (QED) is 0.440.